The van der Waals surface area contributed by atoms with E-state index in [2.05, 4.69) is 0 Å². The fourth-order valence-corrected chi connectivity index (χ4v) is 4.05. The van der Waals surface area contributed by atoms with Crippen molar-refractivity contribution in [3.8, 4) is 11.5 Å². The number of fused-ring (bicyclic) bond motifs is 1. The van der Waals surface area contributed by atoms with Gasteiger partial charge in [0.15, 0.2) is 11.5 Å². The summed E-state index contributed by atoms with van der Waals surface area (Å²) < 4.78 is 39.2. The van der Waals surface area contributed by atoms with Crippen LogP contribution in [0, 0.1) is 11.6 Å². The molecule has 8 heteroatoms. The molecular formula is C25H17F2NO5. The van der Waals surface area contributed by atoms with Crippen LogP contribution in [0.1, 0.15) is 17.2 Å². The highest BCUT2D eigenvalue weighted by molar-refractivity contribution is 6.51. The van der Waals surface area contributed by atoms with E-state index in [1.165, 1.54) is 12.1 Å². The highest BCUT2D eigenvalue weighted by Gasteiger charge is 2.47. The summed E-state index contributed by atoms with van der Waals surface area (Å²) in [5.41, 5.74) is 0.220. The van der Waals surface area contributed by atoms with E-state index < -0.39 is 35.1 Å². The quantitative estimate of drug-likeness (QED) is 0.365. The van der Waals surface area contributed by atoms with Crippen molar-refractivity contribution in [1.29, 1.82) is 0 Å². The Hall–Kier alpha value is -4.20. The van der Waals surface area contributed by atoms with Crippen LogP contribution in [0.4, 0.5) is 14.5 Å². The molecule has 3 aromatic carbocycles. The summed E-state index contributed by atoms with van der Waals surface area (Å²) >= 11 is 0. The van der Waals surface area contributed by atoms with Gasteiger partial charge in [-0.05, 0) is 35.9 Å². The van der Waals surface area contributed by atoms with Crippen molar-refractivity contribution in [2.45, 2.75) is 6.04 Å². The first-order chi connectivity index (χ1) is 16.0. The van der Waals surface area contributed by atoms with E-state index in [4.69, 9.17) is 9.47 Å². The minimum atomic E-state index is -1.13. The van der Waals surface area contributed by atoms with Gasteiger partial charge in [-0.3, -0.25) is 14.5 Å². The molecule has 0 aliphatic carbocycles. The third-order valence-corrected chi connectivity index (χ3v) is 5.54. The molecule has 0 spiro atoms. The summed E-state index contributed by atoms with van der Waals surface area (Å²) in [5.74, 6) is -3.40. The third kappa shape index (κ3) is 3.49. The molecule has 1 saturated heterocycles. The van der Waals surface area contributed by atoms with Crippen molar-refractivity contribution in [2.75, 3.05) is 18.1 Å². The number of benzene rings is 3. The predicted molar refractivity (Wildman–Crippen MR) is 115 cm³/mol. The fraction of sp³-hybridized carbons (Fsp3) is 0.120. The first-order valence-corrected chi connectivity index (χ1v) is 10.2. The molecule has 1 N–H and O–H groups in total. The van der Waals surface area contributed by atoms with Gasteiger partial charge in [0, 0.05) is 11.6 Å². The lowest BCUT2D eigenvalue weighted by Gasteiger charge is -2.26. The van der Waals surface area contributed by atoms with Gasteiger partial charge >= 0.3 is 0 Å². The number of halogens is 2. The van der Waals surface area contributed by atoms with Crippen LogP contribution >= 0.6 is 0 Å². The Balaban J connectivity index is 1.70. The van der Waals surface area contributed by atoms with E-state index >= 15 is 0 Å². The number of carbonyl (C=O) groups excluding carboxylic acids is 2. The molecule has 2 heterocycles. The monoisotopic (exact) mass is 449 g/mol. The first-order valence-electron chi connectivity index (χ1n) is 10.2. The molecule has 1 atom stereocenters. The standard InChI is InChI=1S/C25H17F2NO5/c26-16-7-8-18(17(27)13-16)28-22(14-4-2-1-3-5-14)21(24(30)25(28)31)23(29)15-6-9-19-20(12-15)33-11-10-32-19/h1-9,12-13,22,29H,10-11H2/b23-21-. The van der Waals surface area contributed by atoms with Crippen molar-refractivity contribution < 1.29 is 33.0 Å². The Bertz CT molecular complexity index is 1310. The van der Waals surface area contributed by atoms with Gasteiger partial charge in [-0.25, -0.2) is 8.78 Å². The van der Waals surface area contributed by atoms with Gasteiger partial charge in [-0.1, -0.05) is 30.3 Å². The van der Waals surface area contributed by atoms with Crippen LogP contribution in [-0.2, 0) is 9.59 Å². The summed E-state index contributed by atoms with van der Waals surface area (Å²) in [4.78, 5) is 27.1. The number of aliphatic hydroxyl groups is 1. The summed E-state index contributed by atoms with van der Waals surface area (Å²) in [6, 6.07) is 14.7. The zero-order valence-corrected chi connectivity index (χ0v) is 17.1. The van der Waals surface area contributed by atoms with Gasteiger partial charge in [0.05, 0.1) is 17.3 Å². The zero-order valence-electron chi connectivity index (χ0n) is 17.1. The molecule has 6 nitrogen and oxygen atoms in total. The number of hydrogen-bond donors (Lipinski definition) is 1. The first kappa shape index (κ1) is 20.7. The Labute approximate surface area is 187 Å². The van der Waals surface area contributed by atoms with E-state index in [0.29, 0.717) is 36.3 Å². The van der Waals surface area contributed by atoms with E-state index in [9.17, 15) is 23.5 Å². The second kappa shape index (κ2) is 8.05. The SMILES string of the molecule is O=C1C(=O)N(c2ccc(F)cc2F)C(c2ccccc2)/C1=C(/O)c1ccc2c(c1)OCCO2. The number of nitrogens with zero attached hydrogens (tertiary/aromatic N) is 1. The molecule has 5 rings (SSSR count). The van der Waals surface area contributed by atoms with Crippen molar-refractivity contribution in [3.05, 3.63) is 95.1 Å². The number of rotatable bonds is 3. The van der Waals surface area contributed by atoms with Crippen molar-refractivity contribution in [2.24, 2.45) is 0 Å². The number of carbonyl (C=O) groups is 2. The van der Waals surface area contributed by atoms with Crippen LogP contribution in [-0.4, -0.2) is 30.0 Å². The highest BCUT2D eigenvalue weighted by Crippen LogP contribution is 2.43. The van der Waals surface area contributed by atoms with Crippen LogP contribution in [0.15, 0.2) is 72.3 Å². The highest BCUT2D eigenvalue weighted by atomic mass is 19.1. The molecule has 2 aliphatic heterocycles. The maximum absolute atomic E-state index is 14.7. The van der Waals surface area contributed by atoms with E-state index in [0.717, 1.165) is 17.0 Å². The van der Waals surface area contributed by atoms with Crippen molar-refractivity contribution in [1.82, 2.24) is 0 Å². The number of ketones is 1. The summed E-state index contributed by atoms with van der Waals surface area (Å²) in [5, 5.41) is 11.1. The molecule has 3 aromatic rings. The topological polar surface area (TPSA) is 76.1 Å². The van der Waals surface area contributed by atoms with Crippen molar-refractivity contribution >= 4 is 23.1 Å². The number of aliphatic hydroxyl groups excluding tert-OH is 1. The van der Waals surface area contributed by atoms with Crippen LogP contribution in [0.5, 0.6) is 11.5 Å². The lowest BCUT2D eigenvalue weighted by atomic mass is 9.95. The minimum absolute atomic E-state index is 0.216. The fourth-order valence-electron chi connectivity index (χ4n) is 4.05. The summed E-state index contributed by atoms with van der Waals surface area (Å²) in [6.07, 6.45) is 0. The van der Waals surface area contributed by atoms with Crippen LogP contribution < -0.4 is 14.4 Å². The zero-order chi connectivity index (χ0) is 23.1. The molecule has 1 amide bonds. The second-order valence-electron chi connectivity index (χ2n) is 7.53. The van der Waals surface area contributed by atoms with Gasteiger partial charge in [-0.15, -0.1) is 0 Å². The van der Waals surface area contributed by atoms with Crippen LogP contribution in [0.2, 0.25) is 0 Å². The molecule has 33 heavy (non-hydrogen) atoms. The Morgan fingerprint density at radius 3 is 2.36 bits per heavy atom. The molecule has 0 radical (unpaired) electrons. The molecule has 1 fully saturated rings. The molecule has 0 aromatic heterocycles. The van der Waals surface area contributed by atoms with Crippen molar-refractivity contribution in [3.63, 3.8) is 0 Å². The van der Waals surface area contributed by atoms with Gasteiger partial charge in [0.1, 0.15) is 30.6 Å². The normalized spacial score (nSPS) is 19.1. The van der Waals surface area contributed by atoms with Gasteiger partial charge in [-0.2, -0.15) is 0 Å². The van der Waals surface area contributed by atoms with Crippen LogP contribution in [0.25, 0.3) is 5.76 Å². The summed E-state index contributed by atoms with van der Waals surface area (Å²) in [6.45, 7) is 0.718. The summed E-state index contributed by atoms with van der Waals surface area (Å²) in [7, 11) is 0. The number of hydrogen-bond acceptors (Lipinski definition) is 5. The average molecular weight is 449 g/mol. The average Bonchev–Trinajstić information content (AvgIpc) is 3.09. The largest absolute Gasteiger partial charge is 0.507 e. The molecule has 0 bridgehead atoms. The molecule has 1 unspecified atom stereocenters. The number of ether oxygens (including phenoxy) is 2. The lowest BCUT2D eigenvalue weighted by molar-refractivity contribution is -0.132. The number of amides is 1. The van der Waals surface area contributed by atoms with E-state index in [-0.39, 0.29) is 16.8 Å². The number of anilines is 1. The van der Waals surface area contributed by atoms with Gasteiger partial charge in [0.25, 0.3) is 11.7 Å². The third-order valence-electron chi connectivity index (χ3n) is 5.54. The van der Waals surface area contributed by atoms with Crippen LogP contribution in [0.3, 0.4) is 0 Å². The lowest BCUT2D eigenvalue weighted by Crippen LogP contribution is -2.30. The Morgan fingerprint density at radius 1 is 0.909 bits per heavy atom. The molecular weight excluding hydrogens is 432 g/mol. The smallest absolute Gasteiger partial charge is 0.300 e. The molecule has 0 saturated carbocycles. The maximum Gasteiger partial charge on any atom is 0.300 e. The van der Waals surface area contributed by atoms with E-state index in [1.54, 1.807) is 36.4 Å². The van der Waals surface area contributed by atoms with E-state index in [1.807, 2.05) is 0 Å². The maximum atomic E-state index is 14.7. The second-order valence-corrected chi connectivity index (χ2v) is 7.53. The van der Waals surface area contributed by atoms with Gasteiger partial charge in [0.2, 0.25) is 0 Å². The predicted octanol–water partition coefficient (Wildman–Crippen LogP) is 4.36. The minimum Gasteiger partial charge on any atom is -0.507 e. The molecule has 2 aliphatic rings. The molecule has 166 valence electrons. The Morgan fingerprint density at radius 2 is 1.64 bits per heavy atom. The number of Topliss-reactive ketones (excluding diaryl/α,β-unsaturated/α-hetero) is 1. The Kier molecular flexibility index (Phi) is 5.05. The van der Waals surface area contributed by atoms with Gasteiger partial charge < -0.3 is 14.6 Å².